The van der Waals surface area contributed by atoms with Gasteiger partial charge in [0.15, 0.2) is 5.75 Å². The average Bonchev–Trinajstić information content (AvgIpc) is 3.19. The fourth-order valence-electron chi connectivity index (χ4n) is 2.81. The smallest absolute Gasteiger partial charge is 0.417 e. The summed E-state index contributed by atoms with van der Waals surface area (Å²) < 4.78 is 44.1. The van der Waals surface area contributed by atoms with Crippen molar-refractivity contribution in [3.05, 3.63) is 53.2 Å². The van der Waals surface area contributed by atoms with Gasteiger partial charge in [0, 0.05) is 35.1 Å². The number of nitrogens with zero attached hydrogens (tertiary/aromatic N) is 3. The van der Waals surface area contributed by atoms with E-state index in [-0.39, 0.29) is 5.88 Å². The molecule has 0 spiro atoms. The molecule has 4 nitrogen and oxygen atoms in total. The Kier molecular flexibility index (Phi) is 6.32. The van der Waals surface area contributed by atoms with Crippen molar-refractivity contribution in [1.82, 2.24) is 9.97 Å². The van der Waals surface area contributed by atoms with Crippen LogP contribution in [0.1, 0.15) is 37.8 Å². The number of thiazole rings is 1. The molecule has 0 aliphatic heterocycles. The van der Waals surface area contributed by atoms with Crippen LogP contribution < -0.4 is 4.74 Å². The largest absolute Gasteiger partial charge is 0.437 e. The van der Waals surface area contributed by atoms with Crippen LogP contribution in [0.4, 0.5) is 18.9 Å². The number of aliphatic imine (C=N–C) groups is 1. The molecular formula is C21H20F3N3OS. The van der Waals surface area contributed by atoms with Gasteiger partial charge in [-0.3, -0.25) is 4.99 Å². The summed E-state index contributed by atoms with van der Waals surface area (Å²) in [6, 6.07) is 5.78. The lowest BCUT2D eigenvalue weighted by Gasteiger charge is -2.14. The molecule has 152 valence electrons. The second-order valence-corrected chi connectivity index (χ2v) is 7.40. The van der Waals surface area contributed by atoms with Gasteiger partial charge in [-0.1, -0.05) is 13.3 Å². The summed E-state index contributed by atoms with van der Waals surface area (Å²) in [5.74, 6) is 0.509. The van der Waals surface area contributed by atoms with Crippen LogP contribution in [-0.2, 0) is 6.18 Å². The normalized spacial score (nSPS) is 12.3. The van der Waals surface area contributed by atoms with E-state index in [0.717, 1.165) is 47.0 Å². The first-order valence-corrected chi connectivity index (χ1v) is 9.96. The first kappa shape index (κ1) is 21.0. The Labute approximate surface area is 171 Å². The van der Waals surface area contributed by atoms with E-state index in [9.17, 15) is 13.2 Å². The quantitative estimate of drug-likeness (QED) is 0.396. The fraction of sp³-hybridized carbons (Fsp3) is 0.286. The lowest BCUT2D eigenvalue weighted by molar-refractivity contribution is -0.137. The molecule has 0 aliphatic carbocycles. The molecule has 0 radical (unpaired) electrons. The van der Waals surface area contributed by atoms with Gasteiger partial charge in [-0.25, -0.2) is 9.97 Å². The van der Waals surface area contributed by atoms with Gasteiger partial charge in [0.2, 0.25) is 5.88 Å². The Morgan fingerprint density at radius 3 is 2.55 bits per heavy atom. The summed E-state index contributed by atoms with van der Waals surface area (Å²) in [6.07, 6.45) is -0.154. The first-order chi connectivity index (χ1) is 13.8. The van der Waals surface area contributed by atoms with Crippen molar-refractivity contribution in [1.29, 1.82) is 0 Å². The van der Waals surface area contributed by atoms with Crippen LogP contribution in [0, 0.1) is 6.92 Å². The minimum absolute atomic E-state index is 0.0731. The van der Waals surface area contributed by atoms with E-state index in [1.54, 1.807) is 12.3 Å². The van der Waals surface area contributed by atoms with Crippen molar-refractivity contribution in [2.45, 2.75) is 39.8 Å². The number of pyridine rings is 1. The predicted octanol–water partition coefficient (Wildman–Crippen LogP) is 7.22. The molecule has 2 aromatic heterocycles. The van der Waals surface area contributed by atoms with Gasteiger partial charge in [0.05, 0.1) is 5.56 Å². The lowest BCUT2D eigenvalue weighted by Crippen LogP contribution is -2.05. The van der Waals surface area contributed by atoms with Crippen molar-refractivity contribution >= 4 is 22.7 Å². The van der Waals surface area contributed by atoms with Gasteiger partial charge in [-0.15, -0.1) is 11.3 Å². The molecular weight excluding hydrogens is 399 g/mol. The van der Waals surface area contributed by atoms with E-state index >= 15 is 0 Å². The highest BCUT2D eigenvalue weighted by molar-refractivity contribution is 7.13. The van der Waals surface area contributed by atoms with Gasteiger partial charge >= 0.3 is 6.18 Å². The third kappa shape index (κ3) is 5.00. The van der Waals surface area contributed by atoms with Crippen LogP contribution in [0.2, 0.25) is 0 Å². The summed E-state index contributed by atoms with van der Waals surface area (Å²) in [5.41, 5.74) is 2.58. The van der Waals surface area contributed by atoms with Crippen LogP contribution in [0.3, 0.4) is 0 Å². The Hall–Kier alpha value is -2.74. The van der Waals surface area contributed by atoms with E-state index in [0.29, 0.717) is 11.4 Å². The highest BCUT2D eigenvalue weighted by Crippen LogP contribution is 2.40. The van der Waals surface area contributed by atoms with Gasteiger partial charge in [-0.2, -0.15) is 13.2 Å². The van der Waals surface area contributed by atoms with Gasteiger partial charge < -0.3 is 4.74 Å². The average molecular weight is 419 g/mol. The molecule has 0 bridgehead atoms. The highest BCUT2D eigenvalue weighted by Gasteiger charge is 2.30. The van der Waals surface area contributed by atoms with Crippen molar-refractivity contribution in [3.8, 4) is 22.2 Å². The molecule has 8 heteroatoms. The molecule has 29 heavy (non-hydrogen) atoms. The minimum atomic E-state index is -4.44. The van der Waals surface area contributed by atoms with Gasteiger partial charge in [0.1, 0.15) is 10.7 Å². The highest BCUT2D eigenvalue weighted by atomic mass is 32.1. The Morgan fingerprint density at radius 1 is 1.17 bits per heavy atom. The molecule has 3 rings (SSSR count). The lowest BCUT2D eigenvalue weighted by atomic mass is 10.1. The second-order valence-electron chi connectivity index (χ2n) is 6.50. The van der Waals surface area contributed by atoms with Gasteiger partial charge in [0.25, 0.3) is 0 Å². The molecule has 1 aromatic carbocycles. The molecule has 0 saturated carbocycles. The molecule has 0 aliphatic rings. The molecule has 0 saturated heterocycles. The zero-order valence-electron chi connectivity index (χ0n) is 16.2. The van der Waals surface area contributed by atoms with E-state index in [2.05, 4.69) is 16.9 Å². The third-order valence-corrected chi connectivity index (χ3v) is 5.06. The SMILES string of the molecule is CCCC(C)=Nc1c(Oc2ccc(C(F)(F)F)cn2)ccc(-c2nccs2)c1C. The molecule has 0 N–H and O–H groups in total. The summed E-state index contributed by atoms with van der Waals surface area (Å²) in [7, 11) is 0. The van der Waals surface area contributed by atoms with E-state index < -0.39 is 11.7 Å². The minimum Gasteiger partial charge on any atom is -0.437 e. The number of ether oxygens (including phenoxy) is 1. The Morgan fingerprint density at radius 2 is 1.97 bits per heavy atom. The maximum absolute atomic E-state index is 12.8. The Bertz CT molecular complexity index is 997. The van der Waals surface area contributed by atoms with Crippen molar-refractivity contribution in [2.24, 2.45) is 4.99 Å². The van der Waals surface area contributed by atoms with E-state index in [1.165, 1.54) is 17.4 Å². The molecule has 3 aromatic rings. The van der Waals surface area contributed by atoms with Gasteiger partial charge in [-0.05, 0) is 44.0 Å². The standard InChI is InChI=1S/C21H20F3N3OS/c1-4-5-13(2)27-19-14(3)16(20-25-10-11-29-20)7-8-17(19)28-18-9-6-15(12-26-18)21(22,23)24/h6-12H,4-5H2,1-3H3. The molecule has 0 amide bonds. The maximum atomic E-state index is 12.8. The molecule has 2 heterocycles. The number of hydrogen-bond acceptors (Lipinski definition) is 5. The van der Waals surface area contributed by atoms with Crippen LogP contribution in [0.15, 0.2) is 47.0 Å². The zero-order chi connectivity index (χ0) is 21.0. The number of halogens is 3. The zero-order valence-corrected chi connectivity index (χ0v) is 17.1. The fourth-order valence-corrected chi connectivity index (χ4v) is 3.53. The molecule has 0 unspecified atom stereocenters. The van der Waals surface area contributed by atoms with Crippen molar-refractivity contribution in [3.63, 3.8) is 0 Å². The topological polar surface area (TPSA) is 47.4 Å². The monoisotopic (exact) mass is 419 g/mol. The summed E-state index contributed by atoms with van der Waals surface area (Å²) in [4.78, 5) is 12.9. The van der Waals surface area contributed by atoms with Crippen LogP contribution in [0.25, 0.3) is 10.6 Å². The molecule has 0 fully saturated rings. The second kappa shape index (κ2) is 8.73. The Balaban J connectivity index is 2.01. The van der Waals surface area contributed by atoms with Crippen LogP contribution in [-0.4, -0.2) is 15.7 Å². The summed E-state index contributed by atoms with van der Waals surface area (Å²) in [6.45, 7) is 5.95. The number of rotatable bonds is 6. The number of benzene rings is 1. The number of aromatic nitrogens is 2. The number of hydrogen-bond donors (Lipinski definition) is 0. The van der Waals surface area contributed by atoms with Crippen molar-refractivity contribution in [2.75, 3.05) is 0 Å². The van der Waals surface area contributed by atoms with E-state index in [1.807, 2.05) is 25.3 Å². The first-order valence-electron chi connectivity index (χ1n) is 9.08. The van der Waals surface area contributed by atoms with E-state index in [4.69, 9.17) is 9.73 Å². The summed E-state index contributed by atoms with van der Waals surface area (Å²) in [5, 5.41) is 2.77. The maximum Gasteiger partial charge on any atom is 0.417 e. The number of alkyl halides is 3. The van der Waals surface area contributed by atoms with Crippen LogP contribution >= 0.6 is 11.3 Å². The van der Waals surface area contributed by atoms with Crippen LogP contribution in [0.5, 0.6) is 11.6 Å². The predicted molar refractivity (Wildman–Crippen MR) is 109 cm³/mol. The summed E-state index contributed by atoms with van der Waals surface area (Å²) >= 11 is 1.52. The van der Waals surface area contributed by atoms with Crippen molar-refractivity contribution < 1.29 is 17.9 Å². The molecule has 0 atom stereocenters. The third-order valence-electron chi connectivity index (χ3n) is 4.25.